The minimum Gasteiger partial charge on any atom is -0.480 e. The first-order chi connectivity index (χ1) is 9.29. The SMILES string of the molecule is CC(C)(C)[C@H](NC(=O)c1ccc2cn[nH]c2c1)C(=O)O. The molecular weight excluding hydrogens is 258 g/mol. The first kappa shape index (κ1) is 14.0. The number of hydrogen-bond donors (Lipinski definition) is 3. The lowest BCUT2D eigenvalue weighted by atomic mass is 9.86. The maximum absolute atomic E-state index is 12.2. The minimum atomic E-state index is -1.05. The van der Waals surface area contributed by atoms with Gasteiger partial charge in [0.2, 0.25) is 0 Å². The van der Waals surface area contributed by atoms with Gasteiger partial charge in [-0.05, 0) is 17.5 Å². The normalized spacial score (nSPS) is 13.2. The van der Waals surface area contributed by atoms with Crippen molar-refractivity contribution < 1.29 is 14.7 Å². The molecule has 0 spiro atoms. The molecule has 1 aromatic carbocycles. The fourth-order valence-corrected chi connectivity index (χ4v) is 1.94. The van der Waals surface area contributed by atoms with Crippen LogP contribution in [0.25, 0.3) is 10.9 Å². The molecule has 0 aliphatic rings. The molecule has 0 radical (unpaired) electrons. The van der Waals surface area contributed by atoms with E-state index in [1.54, 1.807) is 45.2 Å². The maximum atomic E-state index is 12.2. The molecule has 1 amide bonds. The van der Waals surface area contributed by atoms with E-state index in [9.17, 15) is 14.7 Å². The highest BCUT2D eigenvalue weighted by atomic mass is 16.4. The van der Waals surface area contributed by atoms with Crippen LogP contribution in [0.2, 0.25) is 0 Å². The first-order valence-corrected chi connectivity index (χ1v) is 6.26. The standard InChI is InChI=1S/C14H17N3O3/c1-14(2,3)11(13(19)20)16-12(18)8-4-5-9-7-15-17-10(9)6-8/h4-7,11H,1-3H3,(H,15,17)(H,16,18)(H,19,20)/t11-/m1/s1. The Labute approximate surface area is 116 Å². The van der Waals surface area contributed by atoms with Crippen molar-refractivity contribution in [2.24, 2.45) is 5.41 Å². The predicted molar refractivity (Wildman–Crippen MR) is 74.4 cm³/mol. The summed E-state index contributed by atoms with van der Waals surface area (Å²) in [4.78, 5) is 23.4. The van der Waals surface area contributed by atoms with E-state index in [4.69, 9.17) is 0 Å². The Hall–Kier alpha value is -2.37. The summed E-state index contributed by atoms with van der Waals surface area (Å²) in [7, 11) is 0. The van der Waals surface area contributed by atoms with E-state index in [1.807, 2.05) is 0 Å². The van der Waals surface area contributed by atoms with Gasteiger partial charge < -0.3 is 10.4 Å². The van der Waals surface area contributed by atoms with Gasteiger partial charge in [0.15, 0.2) is 0 Å². The Morgan fingerprint density at radius 3 is 2.65 bits per heavy atom. The van der Waals surface area contributed by atoms with Crippen molar-refractivity contribution in [3.63, 3.8) is 0 Å². The molecule has 0 aliphatic heterocycles. The third-order valence-corrected chi connectivity index (χ3v) is 3.09. The summed E-state index contributed by atoms with van der Waals surface area (Å²) in [5.41, 5.74) is 0.567. The molecule has 0 bridgehead atoms. The molecule has 3 N–H and O–H groups in total. The van der Waals surface area contributed by atoms with Gasteiger partial charge in [-0.1, -0.05) is 26.8 Å². The van der Waals surface area contributed by atoms with E-state index < -0.39 is 23.3 Å². The van der Waals surface area contributed by atoms with Gasteiger partial charge >= 0.3 is 5.97 Å². The molecule has 2 rings (SSSR count). The Morgan fingerprint density at radius 2 is 2.05 bits per heavy atom. The zero-order valence-corrected chi connectivity index (χ0v) is 11.6. The fraction of sp³-hybridized carbons (Fsp3) is 0.357. The van der Waals surface area contributed by atoms with Crippen LogP contribution in [-0.2, 0) is 4.79 Å². The summed E-state index contributed by atoms with van der Waals surface area (Å²) >= 11 is 0. The van der Waals surface area contributed by atoms with Crippen molar-refractivity contribution in [3.8, 4) is 0 Å². The van der Waals surface area contributed by atoms with Gasteiger partial charge in [-0.3, -0.25) is 9.89 Å². The number of aliphatic carboxylic acids is 1. The van der Waals surface area contributed by atoms with Crippen LogP contribution >= 0.6 is 0 Å². The van der Waals surface area contributed by atoms with Crippen molar-refractivity contribution in [1.29, 1.82) is 0 Å². The highest BCUT2D eigenvalue weighted by Crippen LogP contribution is 2.20. The van der Waals surface area contributed by atoms with E-state index in [0.29, 0.717) is 5.56 Å². The fourth-order valence-electron chi connectivity index (χ4n) is 1.94. The van der Waals surface area contributed by atoms with Crippen LogP contribution in [0.1, 0.15) is 31.1 Å². The molecule has 1 heterocycles. The molecule has 1 atom stereocenters. The number of carboxylic acid groups (broad SMARTS) is 1. The number of nitrogens with zero attached hydrogens (tertiary/aromatic N) is 1. The van der Waals surface area contributed by atoms with Crippen molar-refractivity contribution >= 4 is 22.8 Å². The Morgan fingerprint density at radius 1 is 1.35 bits per heavy atom. The van der Waals surface area contributed by atoms with Gasteiger partial charge in [0.1, 0.15) is 6.04 Å². The van der Waals surface area contributed by atoms with E-state index >= 15 is 0 Å². The van der Waals surface area contributed by atoms with Crippen molar-refractivity contribution in [2.45, 2.75) is 26.8 Å². The molecule has 6 nitrogen and oxygen atoms in total. The number of aromatic amines is 1. The lowest BCUT2D eigenvalue weighted by molar-refractivity contribution is -0.142. The number of rotatable bonds is 3. The van der Waals surface area contributed by atoms with E-state index in [1.165, 1.54) is 0 Å². The number of amides is 1. The molecule has 6 heteroatoms. The molecule has 1 aromatic heterocycles. The smallest absolute Gasteiger partial charge is 0.326 e. The lowest BCUT2D eigenvalue weighted by Crippen LogP contribution is -2.49. The number of carbonyl (C=O) groups is 2. The number of fused-ring (bicyclic) bond motifs is 1. The monoisotopic (exact) mass is 275 g/mol. The molecular formula is C14H17N3O3. The van der Waals surface area contributed by atoms with Crippen LogP contribution in [0.3, 0.4) is 0 Å². The molecule has 0 saturated heterocycles. The Kier molecular flexibility index (Phi) is 3.48. The topological polar surface area (TPSA) is 95.1 Å². The van der Waals surface area contributed by atoms with Crippen molar-refractivity contribution in [1.82, 2.24) is 15.5 Å². The summed E-state index contributed by atoms with van der Waals surface area (Å²) in [6.45, 7) is 5.30. The number of aromatic nitrogens is 2. The van der Waals surface area contributed by atoms with Crippen molar-refractivity contribution in [2.75, 3.05) is 0 Å². The molecule has 2 aromatic rings. The van der Waals surface area contributed by atoms with Crippen LogP contribution < -0.4 is 5.32 Å². The zero-order valence-electron chi connectivity index (χ0n) is 11.6. The third-order valence-electron chi connectivity index (χ3n) is 3.09. The van der Waals surface area contributed by atoms with Crippen LogP contribution in [-0.4, -0.2) is 33.2 Å². The van der Waals surface area contributed by atoms with Crippen LogP contribution in [0, 0.1) is 5.41 Å². The summed E-state index contributed by atoms with van der Waals surface area (Å²) < 4.78 is 0. The highest BCUT2D eigenvalue weighted by molar-refractivity contribution is 5.99. The number of benzene rings is 1. The predicted octanol–water partition coefficient (Wildman–Crippen LogP) is 1.79. The minimum absolute atomic E-state index is 0.400. The summed E-state index contributed by atoms with van der Waals surface area (Å²) in [5, 5.41) is 19.3. The zero-order chi connectivity index (χ0) is 14.9. The Bertz CT molecular complexity index is 655. The second-order valence-electron chi connectivity index (χ2n) is 5.78. The first-order valence-electron chi connectivity index (χ1n) is 6.26. The number of nitrogens with one attached hydrogen (secondary N) is 2. The summed E-state index contributed by atoms with van der Waals surface area (Å²) in [5.74, 6) is -1.46. The molecule has 0 aliphatic carbocycles. The quantitative estimate of drug-likeness (QED) is 0.795. The van der Waals surface area contributed by atoms with E-state index in [0.717, 1.165) is 10.9 Å². The molecule has 20 heavy (non-hydrogen) atoms. The van der Waals surface area contributed by atoms with Gasteiger partial charge in [-0.2, -0.15) is 5.10 Å². The molecule has 0 fully saturated rings. The average molecular weight is 275 g/mol. The van der Waals surface area contributed by atoms with Gasteiger partial charge in [0.25, 0.3) is 5.91 Å². The molecule has 0 saturated carbocycles. The van der Waals surface area contributed by atoms with Crippen LogP contribution in [0.4, 0.5) is 0 Å². The average Bonchev–Trinajstić information content (AvgIpc) is 2.80. The van der Waals surface area contributed by atoms with Crippen molar-refractivity contribution in [3.05, 3.63) is 30.0 Å². The second kappa shape index (κ2) is 4.96. The van der Waals surface area contributed by atoms with Crippen LogP contribution in [0.15, 0.2) is 24.4 Å². The Balaban J connectivity index is 2.24. The number of H-pyrrole nitrogens is 1. The van der Waals surface area contributed by atoms with Gasteiger partial charge in [-0.15, -0.1) is 0 Å². The van der Waals surface area contributed by atoms with E-state index in [2.05, 4.69) is 15.5 Å². The number of carbonyl (C=O) groups excluding carboxylic acids is 1. The summed E-state index contributed by atoms with van der Waals surface area (Å²) in [6.07, 6.45) is 1.66. The molecule has 0 unspecified atom stereocenters. The second-order valence-corrected chi connectivity index (χ2v) is 5.78. The third kappa shape index (κ3) is 2.79. The highest BCUT2D eigenvalue weighted by Gasteiger charge is 2.32. The summed E-state index contributed by atoms with van der Waals surface area (Å²) in [6, 6.07) is 4.11. The maximum Gasteiger partial charge on any atom is 0.326 e. The van der Waals surface area contributed by atoms with Crippen LogP contribution in [0.5, 0.6) is 0 Å². The molecule has 106 valence electrons. The lowest BCUT2D eigenvalue weighted by Gasteiger charge is -2.27. The van der Waals surface area contributed by atoms with Gasteiger partial charge in [-0.25, -0.2) is 4.79 Å². The van der Waals surface area contributed by atoms with Gasteiger partial charge in [0.05, 0.1) is 11.7 Å². The number of hydrogen-bond acceptors (Lipinski definition) is 3. The van der Waals surface area contributed by atoms with E-state index in [-0.39, 0.29) is 0 Å². The largest absolute Gasteiger partial charge is 0.480 e. The number of carboxylic acids is 1. The van der Waals surface area contributed by atoms with Gasteiger partial charge in [0, 0.05) is 10.9 Å².